The highest BCUT2D eigenvalue weighted by molar-refractivity contribution is 7.84. The van der Waals surface area contributed by atoms with Crippen LogP contribution in [-0.4, -0.2) is 22.4 Å². The van der Waals surface area contributed by atoms with Crippen molar-refractivity contribution < 1.29 is 23.2 Å². The Hall–Kier alpha value is -2.21. The van der Waals surface area contributed by atoms with Gasteiger partial charge in [-0.1, -0.05) is 18.2 Å². The van der Waals surface area contributed by atoms with Crippen molar-refractivity contribution in [1.82, 2.24) is 0 Å². The lowest BCUT2D eigenvalue weighted by Crippen LogP contribution is -2.06. The van der Waals surface area contributed by atoms with Crippen molar-refractivity contribution in [3.8, 4) is 5.75 Å². The van der Waals surface area contributed by atoms with E-state index in [-0.39, 0.29) is 22.0 Å². The molecule has 2 aromatic carbocycles. The smallest absolute Gasteiger partial charge is 0.336 e. The van der Waals surface area contributed by atoms with Gasteiger partial charge in [-0.05, 0) is 29.8 Å². The van der Waals surface area contributed by atoms with Gasteiger partial charge in [-0.3, -0.25) is 4.21 Å². The van der Waals surface area contributed by atoms with E-state index in [0.29, 0.717) is 5.56 Å². The normalized spacial score (nSPS) is 11.9. The quantitative estimate of drug-likeness (QED) is 0.922. The summed E-state index contributed by atoms with van der Waals surface area (Å²) in [6, 6.07) is 10.4. The molecule has 0 aromatic heterocycles. The molecule has 0 fully saturated rings. The highest BCUT2D eigenvalue weighted by Gasteiger charge is 2.15. The van der Waals surface area contributed by atoms with Crippen molar-refractivity contribution >= 4 is 16.8 Å². The van der Waals surface area contributed by atoms with E-state index in [4.69, 9.17) is 9.84 Å². The van der Waals surface area contributed by atoms with Gasteiger partial charge in [-0.25, -0.2) is 9.18 Å². The van der Waals surface area contributed by atoms with Crippen LogP contribution in [0.15, 0.2) is 47.4 Å². The number of carbonyl (C=O) groups is 1. The summed E-state index contributed by atoms with van der Waals surface area (Å²) in [5, 5.41) is 9.08. The van der Waals surface area contributed by atoms with Gasteiger partial charge in [0.1, 0.15) is 0 Å². The first-order valence-electron chi connectivity index (χ1n) is 6.06. The number of carboxylic acid groups (broad SMARTS) is 1. The number of carboxylic acids is 1. The van der Waals surface area contributed by atoms with E-state index in [1.165, 1.54) is 31.4 Å². The molecule has 4 nitrogen and oxygen atoms in total. The monoisotopic (exact) mass is 308 g/mol. The predicted octanol–water partition coefficient (Wildman–Crippen LogP) is 2.84. The molecule has 6 heteroatoms. The number of ether oxygens (including phenoxy) is 1. The van der Waals surface area contributed by atoms with Crippen molar-refractivity contribution in [3.63, 3.8) is 0 Å². The fraction of sp³-hybridized carbons (Fsp3) is 0.133. The largest absolute Gasteiger partial charge is 0.494 e. The minimum Gasteiger partial charge on any atom is -0.494 e. The predicted molar refractivity (Wildman–Crippen MR) is 76.5 cm³/mol. The van der Waals surface area contributed by atoms with Gasteiger partial charge in [-0.15, -0.1) is 0 Å². The SMILES string of the molecule is COc1ccc(CS(=O)c2ccccc2C(=O)O)cc1F. The van der Waals surface area contributed by atoms with Gasteiger partial charge in [0.25, 0.3) is 0 Å². The molecule has 1 atom stereocenters. The Balaban J connectivity index is 2.26. The molecule has 2 rings (SSSR count). The standard InChI is InChI=1S/C15H13FO4S/c1-20-13-7-6-10(8-12(13)16)9-21(19)14-5-3-2-4-11(14)15(17)18/h2-8H,9H2,1H3,(H,17,18). The number of hydrogen-bond acceptors (Lipinski definition) is 3. The molecule has 21 heavy (non-hydrogen) atoms. The number of methoxy groups -OCH3 is 1. The first-order chi connectivity index (χ1) is 10.0. The van der Waals surface area contributed by atoms with Crippen LogP contribution in [-0.2, 0) is 16.6 Å². The number of halogens is 1. The molecule has 0 aliphatic rings. The highest BCUT2D eigenvalue weighted by atomic mass is 32.2. The molecule has 1 unspecified atom stereocenters. The van der Waals surface area contributed by atoms with Gasteiger partial charge in [0, 0.05) is 0 Å². The van der Waals surface area contributed by atoms with E-state index in [9.17, 15) is 13.4 Å². The lowest BCUT2D eigenvalue weighted by molar-refractivity contribution is 0.0693. The Kier molecular flexibility index (Phi) is 4.70. The Morgan fingerprint density at radius 1 is 1.29 bits per heavy atom. The fourth-order valence-electron chi connectivity index (χ4n) is 1.87. The molecule has 0 saturated heterocycles. The van der Waals surface area contributed by atoms with Crippen molar-refractivity contribution in [2.45, 2.75) is 10.6 Å². The molecular weight excluding hydrogens is 295 g/mol. The Labute approximate surface area is 123 Å². The first-order valence-corrected chi connectivity index (χ1v) is 7.38. The third-order valence-electron chi connectivity index (χ3n) is 2.88. The molecule has 110 valence electrons. The average Bonchev–Trinajstić information content (AvgIpc) is 2.47. The fourth-order valence-corrected chi connectivity index (χ4v) is 3.14. The third kappa shape index (κ3) is 3.46. The lowest BCUT2D eigenvalue weighted by atomic mass is 10.2. The minimum atomic E-state index is -1.57. The summed E-state index contributed by atoms with van der Waals surface area (Å²) in [4.78, 5) is 11.3. The van der Waals surface area contributed by atoms with E-state index >= 15 is 0 Å². The molecule has 0 bridgehead atoms. The van der Waals surface area contributed by atoms with Crippen molar-refractivity contribution in [2.24, 2.45) is 0 Å². The van der Waals surface area contributed by atoms with Crippen LogP contribution in [0.3, 0.4) is 0 Å². The molecule has 0 aliphatic carbocycles. The zero-order valence-electron chi connectivity index (χ0n) is 11.2. The summed E-state index contributed by atoms with van der Waals surface area (Å²) in [7, 11) is -0.211. The molecule has 2 aromatic rings. The summed E-state index contributed by atoms with van der Waals surface area (Å²) in [5.41, 5.74) is 0.497. The molecule has 0 aliphatic heterocycles. The topological polar surface area (TPSA) is 63.6 Å². The van der Waals surface area contributed by atoms with Gasteiger partial charge >= 0.3 is 5.97 Å². The van der Waals surface area contributed by atoms with Crippen LogP contribution in [0.4, 0.5) is 4.39 Å². The number of rotatable bonds is 5. The van der Waals surface area contributed by atoms with E-state index in [1.807, 2.05) is 0 Å². The second-order valence-electron chi connectivity index (χ2n) is 4.26. The number of benzene rings is 2. The Morgan fingerprint density at radius 2 is 2.00 bits per heavy atom. The number of aromatic carboxylic acids is 1. The van der Waals surface area contributed by atoms with Crippen LogP contribution in [0.1, 0.15) is 15.9 Å². The lowest BCUT2D eigenvalue weighted by Gasteiger charge is -2.07. The van der Waals surface area contributed by atoms with Crippen LogP contribution in [0.5, 0.6) is 5.75 Å². The molecule has 0 amide bonds. The van der Waals surface area contributed by atoms with E-state index in [1.54, 1.807) is 18.2 Å². The maximum absolute atomic E-state index is 13.6. The summed E-state index contributed by atoms with van der Waals surface area (Å²) >= 11 is 0. The van der Waals surface area contributed by atoms with Crippen molar-refractivity contribution in [3.05, 3.63) is 59.4 Å². The molecule has 1 N–H and O–H groups in total. The highest BCUT2D eigenvalue weighted by Crippen LogP contribution is 2.21. The van der Waals surface area contributed by atoms with E-state index in [0.717, 1.165) is 0 Å². The van der Waals surface area contributed by atoms with Gasteiger partial charge < -0.3 is 9.84 Å². The molecular formula is C15H13FO4S. The Bertz CT molecular complexity index is 700. The first kappa shape index (κ1) is 15.2. The summed E-state index contributed by atoms with van der Waals surface area (Å²) in [6.45, 7) is 0. The molecule has 0 radical (unpaired) electrons. The van der Waals surface area contributed by atoms with Crippen LogP contribution >= 0.6 is 0 Å². The second-order valence-corrected chi connectivity index (χ2v) is 5.68. The van der Waals surface area contributed by atoms with Gasteiger partial charge in [0.05, 0.1) is 34.1 Å². The van der Waals surface area contributed by atoms with Crippen LogP contribution < -0.4 is 4.74 Å². The van der Waals surface area contributed by atoms with E-state index < -0.39 is 22.6 Å². The maximum Gasteiger partial charge on any atom is 0.336 e. The summed E-state index contributed by atoms with van der Waals surface area (Å²) in [6.07, 6.45) is 0. The zero-order chi connectivity index (χ0) is 15.4. The Morgan fingerprint density at radius 3 is 2.62 bits per heavy atom. The maximum atomic E-state index is 13.6. The van der Waals surface area contributed by atoms with Crippen LogP contribution in [0.2, 0.25) is 0 Å². The van der Waals surface area contributed by atoms with E-state index in [2.05, 4.69) is 0 Å². The van der Waals surface area contributed by atoms with Crippen LogP contribution in [0.25, 0.3) is 0 Å². The minimum absolute atomic E-state index is 0.00943. The third-order valence-corrected chi connectivity index (χ3v) is 4.32. The zero-order valence-corrected chi connectivity index (χ0v) is 12.0. The van der Waals surface area contributed by atoms with Crippen molar-refractivity contribution in [2.75, 3.05) is 7.11 Å². The van der Waals surface area contributed by atoms with Gasteiger partial charge in [-0.2, -0.15) is 0 Å². The average molecular weight is 308 g/mol. The number of hydrogen-bond donors (Lipinski definition) is 1. The van der Waals surface area contributed by atoms with Crippen LogP contribution in [0, 0.1) is 5.82 Å². The molecule has 0 heterocycles. The van der Waals surface area contributed by atoms with Gasteiger partial charge in [0.15, 0.2) is 11.6 Å². The van der Waals surface area contributed by atoms with Crippen molar-refractivity contribution in [1.29, 1.82) is 0 Å². The summed E-state index contributed by atoms with van der Waals surface area (Å²) < 4.78 is 30.7. The van der Waals surface area contributed by atoms with Gasteiger partial charge in [0.2, 0.25) is 0 Å². The summed E-state index contributed by atoms with van der Waals surface area (Å²) in [5.74, 6) is -1.54. The molecule has 0 saturated carbocycles. The second kappa shape index (κ2) is 6.49. The molecule has 0 spiro atoms.